The van der Waals surface area contributed by atoms with E-state index in [-0.39, 0.29) is 18.4 Å². The molecular formula is C18H19ClN2O2. The Morgan fingerprint density at radius 3 is 2.17 bits per heavy atom. The van der Waals surface area contributed by atoms with Gasteiger partial charge in [-0.25, -0.2) is 0 Å². The van der Waals surface area contributed by atoms with Gasteiger partial charge in [0.1, 0.15) is 0 Å². The highest BCUT2D eigenvalue weighted by Gasteiger charge is 2.16. The minimum atomic E-state index is -0.229. The summed E-state index contributed by atoms with van der Waals surface area (Å²) in [5, 5.41) is 3.44. The molecule has 120 valence electrons. The summed E-state index contributed by atoms with van der Waals surface area (Å²) in [5.41, 5.74) is 3.27. The number of likely N-dealkylation sites (N-methyl/N-ethyl adjacent to an activating group) is 1. The van der Waals surface area contributed by atoms with Crippen LogP contribution in [-0.4, -0.2) is 30.3 Å². The number of nitrogens with one attached hydrogen (secondary N) is 1. The van der Waals surface area contributed by atoms with E-state index in [1.807, 2.05) is 32.0 Å². The van der Waals surface area contributed by atoms with Crippen molar-refractivity contribution in [3.05, 3.63) is 64.2 Å². The van der Waals surface area contributed by atoms with Crippen LogP contribution in [0.4, 0.5) is 5.69 Å². The zero-order valence-electron chi connectivity index (χ0n) is 13.4. The van der Waals surface area contributed by atoms with Crippen molar-refractivity contribution in [2.24, 2.45) is 0 Å². The van der Waals surface area contributed by atoms with Crippen molar-refractivity contribution in [1.82, 2.24) is 4.90 Å². The van der Waals surface area contributed by atoms with Crippen molar-refractivity contribution in [2.75, 3.05) is 18.9 Å². The topological polar surface area (TPSA) is 49.4 Å². The van der Waals surface area contributed by atoms with Gasteiger partial charge in [0.2, 0.25) is 5.91 Å². The van der Waals surface area contributed by atoms with Crippen molar-refractivity contribution in [1.29, 1.82) is 0 Å². The molecule has 0 aliphatic rings. The Morgan fingerprint density at radius 1 is 1.04 bits per heavy atom. The molecule has 2 aromatic rings. The minimum absolute atomic E-state index is 0.0186. The summed E-state index contributed by atoms with van der Waals surface area (Å²) >= 11 is 5.81. The Balaban J connectivity index is 2.02. The summed E-state index contributed by atoms with van der Waals surface area (Å²) in [7, 11) is 1.60. The number of nitrogens with zero attached hydrogens (tertiary/aromatic N) is 1. The average Bonchev–Trinajstić information content (AvgIpc) is 2.51. The molecule has 4 nitrogen and oxygen atoms in total. The van der Waals surface area contributed by atoms with Gasteiger partial charge in [0.25, 0.3) is 5.91 Å². The Bertz CT molecular complexity index is 706. The molecule has 0 spiro atoms. The molecule has 0 aliphatic carbocycles. The van der Waals surface area contributed by atoms with Crippen LogP contribution in [-0.2, 0) is 4.79 Å². The van der Waals surface area contributed by atoms with Crippen LogP contribution in [0.5, 0.6) is 0 Å². The van der Waals surface area contributed by atoms with Gasteiger partial charge < -0.3 is 10.2 Å². The van der Waals surface area contributed by atoms with Crippen molar-refractivity contribution in [3.63, 3.8) is 0 Å². The highest BCUT2D eigenvalue weighted by molar-refractivity contribution is 6.30. The summed E-state index contributed by atoms with van der Waals surface area (Å²) in [4.78, 5) is 25.9. The van der Waals surface area contributed by atoms with Gasteiger partial charge >= 0.3 is 0 Å². The first-order chi connectivity index (χ1) is 10.9. The molecule has 2 rings (SSSR count). The molecule has 0 atom stereocenters. The molecule has 2 aromatic carbocycles. The lowest BCUT2D eigenvalue weighted by Gasteiger charge is -2.18. The van der Waals surface area contributed by atoms with Gasteiger partial charge in [0.05, 0.1) is 6.54 Å². The molecule has 0 aromatic heterocycles. The maximum Gasteiger partial charge on any atom is 0.254 e. The van der Waals surface area contributed by atoms with Crippen LogP contribution in [0.25, 0.3) is 0 Å². The SMILES string of the molecule is Cc1cccc(C)c1NC(=O)CN(C)C(=O)c1ccc(Cl)cc1. The summed E-state index contributed by atoms with van der Waals surface area (Å²) in [6.07, 6.45) is 0. The van der Waals surface area contributed by atoms with Crippen molar-refractivity contribution in [3.8, 4) is 0 Å². The van der Waals surface area contributed by atoms with Crippen molar-refractivity contribution in [2.45, 2.75) is 13.8 Å². The highest BCUT2D eigenvalue weighted by Crippen LogP contribution is 2.19. The lowest BCUT2D eigenvalue weighted by atomic mass is 10.1. The van der Waals surface area contributed by atoms with Crippen LogP contribution in [0.2, 0.25) is 5.02 Å². The second kappa shape index (κ2) is 7.29. The fourth-order valence-electron chi connectivity index (χ4n) is 2.29. The Morgan fingerprint density at radius 2 is 1.61 bits per heavy atom. The zero-order chi connectivity index (χ0) is 17.0. The van der Waals surface area contributed by atoms with E-state index < -0.39 is 0 Å². The van der Waals surface area contributed by atoms with Crippen LogP contribution in [0.15, 0.2) is 42.5 Å². The van der Waals surface area contributed by atoms with Crippen LogP contribution >= 0.6 is 11.6 Å². The number of aryl methyl sites for hydroxylation is 2. The Labute approximate surface area is 141 Å². The van der Waals surface area contributed by atoms with Crippen molar-refractivity contribution >= 4 is 29.1 Å². The number of benzene rings is 2. The number of carbonyl (C=O) groups is 2. The number of hydrogen-bond donors (Lipinski definition) is 1. The van der Waals surface area contributed by atoms with Gasteiger partial charge in [-0.05, 0) is 49.2 Å². The summed E-state index contributed by atoms with van der Waals surface area (Å²) in [6, 6.07) is 12.4. The molecular weight excluding hydrogens is 312 g/mol. The fourth-order valence-corrected chi connectivity index (χ4v) is 2.42. The smallest absolute Gasteiger partial charge is 0.254 e. The Hall–Kier alpha value is -2.33. The second-order valence-electron chi connectivity index (χ2n) is 5.48. The zero-order valence-corrected chi connectivity index (χ0v) is 14.1. The number of rotatable bonds is 4. The predicted molar refractivity (Wildman–Crippen MR) is 93.0 cm³/mol. The van der Waals surface area contributed by atoms with E-state index in [1.165, 1.54) is 4.90 Å². The van der Waals surface area contributed by atoms with Crippen LogP contribution in [0, 0.1) is 13.8 Å². The van der Waals surface area contributed by atoms with E-state index in [2.05, 4.69) is 5.32 Å². The molecule has 5 heteroatoms. The van der Waals surface area contributed by atoms with E-state index in [1.54, 1.807) is 31.3 Å². The molecule has 23 heavy (non-hydrogen) atoms. The molecule has 0 heterocycles. The van der Waals surface area contributed by atoms with E-state index in [0.29, 0.717) is 10.6 Å². The number of anilines is 1. The molecule has 1 N–H and O–H groups in total. The third-order valence-electron chi connectivity index (χ3n) is 3.56. The standard InChI is InChI=1S/C18H19ClN2O2/c1-12-5-4-6-13(2)17(12)20-16(22)11-21(3)18(23)14-7-9-15(19)10-8-14/h4-10H,11H2,1-3H3,(H,20,22). The second-order valence-corrected chi connectivity index (χ2v) is 5.92. The van der Waals surface area contributed by atoms with Gasteiger partial charge in [-0.15, -0.1) is 0 Å². The molecule has 0 fully saturated rings. The predicted octanol–water partition coefficient (Wildman–Crippen LogP) is 3.67. The largest absolute Gasteiger partial charge is 0.332 e. The fraction of sp³-hybridized carbons (Fsp3) is 0.222. The third kappa shape index (κ3) is 4.33. The molecule has 0 aliphatic heterocycles. The summed E-state index contributed by atoms with van der Waals surface area (Å²) in [6.45, 7) is 3.85. The monoisotopic (exact) mass is 330 g/mol. The highest BCUT2D eigenvalue weighted by atomic mass is 35.5. The van der Waals surface area contributed by atoms with E-state index >= 15 is 0 Å². The maximum absolute atomic E-state index is 12.3. The first-order valence-corrected chi connectivity index (χ1v) is 7.63. The number of hydrogen-bond acceptors (Lipinski definition) is 2. The average molecular weight is 331 g/mol. The van der Waals surface area contributed by atoms with E-state index in [0.717, 1.165) is 16.8 Å². The number of halogens is 1. The number of carbonyl (C=O) groups excluding carboxylic acids is 2. The molecule has 0 radical (unpaired) electrons. The van der Waals surface area contributed by atoms with Gasteiger partial charge in [0.15, 0.2) is 0 Å². The third-order valence-corrected chi connectivity index (χ3v) is 3.82. The van der Waals surface area contributed by atoms with Gasteiger partial charge in [0, 0.05) is 23.3 Å². The van der Waals surface area contributed by atoms with Crippen LogP contribution in [0.1, 0.15) is 21.5 Å². The van der Waals surface area contributed by atoms with Gasteiger partial charge in [-0.1, -0.05) is 29.8 Å². The normalized spacial score (nSPS) is 10.3. The quantitative estimate of drug-likeness (QED) is 0.930. The first-order valence-electron chi connectivity index (χ1n) is 7.25. The van der Waals surface area contributed by atoms with E-state index in [9.17, 15) is 9.59 Å². The number of para-hydroxylation sites is 1. The lowest BCUT2D eigenvalue weighted by Crippen LogP contribution is -2.35. The Kier molecular flexibility index (Phi) is 5.40. The molecule has 2 amide bonds. The number of amides is 2. The van der Waals surface area contributed by atoms with Gasteiger partial charge in [-0.3, -0.25) is 9.59 Å². The molecule has 0 bridgehead atoms. The molecule has 0 saturated carbocycles. The minimum Gasteiger partial charge on any atom is -0.332 e. The van der Waals surface area contributed by atoms with E-state index in [4.69, 9.17) is 11.6 Å². The summed E-state index contributed by atoms with van der Waals surface area (Å²) < 4.78 is 0. The maximum atomic E-state index is 12.3. The van der Waals surface area contributed by atoms with Crippen molar-refractivity contribution < 1.29 is 9.59 Å². The summed E-state index contributed by atoms with van der Waals surface area (Å²) in [5.74, 6) is -0.453. The van der Waals surface area contributed by atoms with Crippen LogP contribution < -0.4 is 5.32 Å². The van der Waals surface area contributed by atoms with Gasteiger partial charge in [-0.2, -0.15) is 0 Å². The molecule has 0 saturated heterocycles. The lowest BCUT2D eigenvalue weighted by molar-refractivity contribution is -0.116. The molecule has 0 unspecified atom stereocenters. The first kappa shape index (κ1) is 17.0. The van der Waals surface area contributed by atoms with Crippen LogP contribution in [0.3, 0.4) is 0 Å².